The van der Waals surface area contributed by atoms with Crippen molar-refractivity contribution in [3.8, 4) is 0 Å². The van der Waals surface area contributed by atoms with Gasteiger partial charge in [0.25, 0.3) is 5.91 Å². The van der Waals surface area contributed by atoms with Crippen LogP contribution in [0.3, 0.4) is 0 Å². The zero-order valence-electron chi connectivity index (χ0n) is 10.8. The van der Waals surface area contributed by atoms with Crippen LogP contribution < -0.4 is 10.6 Å². The van der Waals surface area contributed by atoms with Crippen LogP contribution in [0.15, 0.2) is 0 Å². The zero-order valence-corrected chi connectivity index (χ0v) is 11.5. The first-order valence-corrected chi connectivity index (χ1v) is 6.74. The third kappa shape index (κ3) is 2.84. The van der Waals surface area contributed by atoms with Crippen LogP contribution in [0, 0.1) is 0 Å². The summed E-state index contributed by atoms with van der Waals surface area (Å²) in [5.41, 5.74) is 1.24. The highest BCUT2D eigenvalue weighted by atomic mass is 35.5. The molecule has 1 aromatic heterocycles. The standard InChI is InChI=1S/C12H19ClN4O/c1-8(2)15-12(18)11-10(13)9-7-14-5-3-4-6-17(9)16-11/h8,14H,3-7H2,1-2H3,(H,15,18). The van der Waals surface area contributed by atoms with Gasteiger partial charge in [0.2, 0.25) is 0 Å². The van der Waals surface area contributed by atoms with E-state index in [0.717, 1.165) is 31.6 Å². The molecule has 0 saturated heterocycles. The Morgan fingerprint density at radius 2 is 2.28 bits per heavy atom. The molecule has 0 atom stereocenters. The monoisotopic (exact) mass is 270 g/mol. The number of aromatic nitrogens is 2. The SMILES string of the molecule is CC(C)NC(=O)c1nn2c(c1Cl)CNCCCC2. The minimum atomic E-state index is -0.200. The lowest BCUT2D eigenvalue weighted by Gasteiger charge is -2.12. The summed E-state index contributed by atoms with van der Waals surface area (Å²) in [4.78, 5) is 12.0. The van der Waals surface area contributed by atoms with Crippen molar-refractivity contribution in [3.05, 3.63) is 16.4 Å². The molecule has 2 heterocycles. The van der Waals surface area contributed by atoms with Crippen molar-refractivity contribution in [2.75, 3.05) is 6.54 Å². The van der Waals surface area contributed by atoms with Crippen LogP contribution >= 0.6 is 11.6 Å². The van der Waals surface area contributed by atoms with Crippen LogP contribution in [-0.4, -0.2) is 28.3 Å². The Bertz CT molecular complexity index is 442. The van der Waals surface area contributed by atoms with Gasteiger partial charge < -0.3 is 10.6 Å². The third-order valence-corrected chi connectivity index (χ3v) is 3.29. The number of nitrogens with one attached hydrogen (secondary N) is 2. The maximum atomic E-state index is 12.0. The molecule has 1 aromatic rings. The third-order valence-electron chi connectivity index (χ3n) is 2.89. The van der Waals surface area contributed by atoms with Gasteiger partial charge in [-0.3, -0.25) is 9.48 Å². The number of hydrogen-bond donors (Lipinski definition) is 2. The summed E-state index contributed by atoms with van der Waals surface area (Å²) in [7, 11) is 0. The van der Waals surface area contributed by atoms with E-state index in [0.29, 0.717) is 17.3 Å². The van der Waals surface area contributed by atoms with Gasteiger partial charge in [-0.15, -0.1) is 0 Å². The molecule has 2 N–H and O–H groups in total. The minimum absolute atomic E-state index is 0.0796. The zero-order chi connectivity index (χ0) is 13.1. The maximum absolute atomic E-state index is 12.0. The van der Waals surface area contributed by atoms with Crippen LogP contribution in [0.1, 0.15) is 42.9 Å². The summed E-state index contributed by atoms with van der Waals surface area (Å²) < 4.78 is 1.85. The highest BCUT2D eigenvalue weighted by molar-refractivity contribution is 6.34. The number of carbonyl (C=O) groups excluding carboxylic acids is 1. The Morgan fingerprint density at radius 1 is 1.50 bits per heavy atom. The Hall–Kier alpha value is -1.07. The molecule has 0 unspecified atom stereocenters. The lowest BCUT2D eigenvalue weighted by molar-refractivity contribution is 0.0937. The molecule has 100 valence electrons. The first kappa shape index (κ1) is 13.4. The molecule has 0 radical (unpaired) electrons. The van der Waals surface area contributed by atoms with E-state index in [2.05, 4.69) is 15.7 Å². The Labute approximate surface area is 112 Å². The molecular weight excluding hydrogens is 252 g/mol. The largest absolute Gasteiger partial charge is 0.348 e. The molecule has 0 aliphatic carbocycles. The van der Waals surface area contributed by atoms with Gasteiger partial charge in [-0.25, -0.2) is 0 Å². The fraction of sp³-hybridized carbons (Fsp3) is 0.667. The molecule has 1 amide bonds. The fourth-order valence-electron chi connectivity index (χ4n) is 2.02. The van der Waals surface area contributed by atoms with Crippen LogP contribution in [0.4, 0.5) is 0 Å². The summed E-state index contributed by atoms with van der Waals surface area (Å²) in [6.07, 6.45) is 2.16. The number of amides is 1. The van der Waals surface area contributed by atoms with Gasteiger partial charge in [-0.05, 0) is 33.2 Å². The lowest BCUT2D eigenvalue weighted by atomic mass is 10.2. The van der Waals surface area contributed by atoms with E-state index < -0.39 is 0 Å². The molecule has 18 heavy (non-hydrogen) atoms. The molecule has 5 nitrogen and oxygen atoms in total. The second-order valence-corrected chi connectivity index (χ2v) is 5.22. The number of halogens is 1. The van der Waals surface area contributed by atoms with Gasteiger partial charge in [0.15, 0.2) is 5.69 Å². The van der Waals surface area contributed by atoms with Gasteiger partial charge in [-0.1, -0.05) is 11.6 Å². The van der Waals surface area contributed by atoms with Crippen molar-refractivity contribution in [1.29, 1.82) is 0 Å². The van der Waals surface area contributed by atoms with Gasteiger partial charge in [0.1, 0.15) is 0 Å². The first-order valence-electron chi connectivity index (χ1n) is 6.36. The van der Waals surface area contributed by atoms with Gasteiger partial charge in [-0.2, -0.15) is 5.10 Å². The van der Waals surface area contributed by atoms with E-state index >= 15 is 0 Å². The van der Waals surface area contributed by atoms with Crippen molar-refractivity contribution >= 4 is 17.5 Å². The molecule has 0 fully saturated rings. The first-order chi connectivity index (χ1) is 8.59. The average Bonchev–Trinajstić information content (AvgIpc) is 2.54. The van der Waals surface area contributed by atoms with Gasteiger partial charge >= 0.3 is 0 Å². The van der Waals surface area contributed by atoms with E-state index in [1.165, 1.54) is 0 Å². The highest BCUT2D eigenvalue weighted by Gasteiger charge is 2.22. The number of nitrogens with zero attached hydrogens (tertiary/aromatic N) is 2. The Balaban J connectivity index is 2.27. The number of fused-ring (bicyclic) bond motifs is 1. The molecule has 0 bridgehead atoms. The number of aryl methyl sites for hydroxylation is 1. The quantitative estimate of drug-likeness (QED) is 0.857. The summed E-state index contributed by atoms with van der Waals surface area (Å²) in [6, 6.07) is 0.0796. The smallest absolute Gasteiger partial charge is 0.273 e. The van der Waals surface area contributed by atoms with Crippen molar-refractivity contribution < 1.29 is 4.79 Å². The van der Waals surface area contributed by atoms with E-state index in [9.17, 15) is 4.79 Å². The highest BCUT2D eigenvalue weighted by Crippen LogP contribution is 2.22. The van der Waals surface area contributed by atoms with E-state index in [-0.39, 0.29) is 11.9 Å². The lowest BCUT2D eigenvalue weighted by Crippen LogP contribution is -2.30. The molecular formula is C12H19ClN4O. The molecule has 1 aliphatic rings. The molecule has 1 aliphatic heterocycles. The topological polar surface area (TPSA) is 59.0 Å². The van der Waals surface area contributed by atoms with Crippen molar-refractivity contribution in [3.63, 3.8) is 0 Å². The van der Waals surface area contributed by atoms with Crippen LogP contribution in [0.2, 0.25) is 5.02 Å². The number of rotatable bonds is 2. The normalized spacial score (nSPS) is 16.0. The van der Waals surface area contributed by atoms with Crippen LogP contribution in [0.25, 0.3) is 0 Å². The summed E-state index contributed by atoms with van der Waals surface area (Å²) in [6.45, 7) is 6.31. The van der Waals surface area contributed by atoms with Crippen LogP contribution in [0.5, 0.6) is 0 Å². The molecule has 0 spiro atoms. The van der Waals surface area contributed by atoms with Crippen molar-refractivity contribution in [1.82, 2.24) is 20.4 Å². The van der Waals surface area contributed by atoms with E-state index in [1.807, 2.05) is 18.5 Å². The van der Waals surface area contributed by atoms with Crippen molar-refractivity contribution in [2.24, 2.45) is 0 Å². The fourth-order valence-corrected chi connectivity index (χ4v) is 2.31. The predicted molar refractivity (Wildman–Crippen MR) is 70.8 cm³/mol. The Kier molecular flexibility index (Phi) is 4.24. The van der Waals surface area contributed by atoms with Crippen molar-refractivity contribution in [2.45, 2.75) is 45.8 Å². The van der Waals surface area contributed by atoms with Gasteiger partial charge in [0.05, 0.1) is 10.7 Å². The maximum Gasteiger partial charge on any atom is 0.273 e. The summed E-state index contributed by atoms with van der Waals surface area (Å²) in [5.74, 6) is -0.200. The molecule has 0 aromatic carbocycles. The number of hydrogen-bond acceptors (Lipinski definition) is 3. The summed E-state index contributed by atoms with van der Waals surface area (Å²) >= 11 is 6.26. The number of carbonyl (C=O) groups is 1. The Morgan fingerprint density at radius 3 is 3.00 bits per heavy atom. The predicted octanol–water partition coefficient (Wildman–Crippen LogP) is 1.56. The van der Waals surface area contributed by atoms with Crippen LogP contribution in [-0.2, 0) is 13.1 Å². The summed E-state index contributed by atoms with van der Waals surface area (Å²) in [5, 5.41) is 10.9. The second-order valence-electron chi connectivity index (χ2n) is 4.84. The van der Waals surface area contributed by atoms with Gasteiger partial charge in [0, 0.05) is 19.1 Å². The minimum Gasteiger partial charge on any atom is -0.348 e. The average molecular weight is 271 g/mol. The van der Waals surface area contributed by atoms with E-state index in [4.69, 9.17) is 11.6 Å². The van der Waals surface area contributed by atoms with E-state index in [1.54, 1.807) is 0 Å². The second kappa shape index (κ2) is 5.71. The molecule has 0 saturated carbocycles. The molecule has 6 heteroatoms. The molecule has 2 rings (SSSR count).